The van der Waals surface area contributed by atoms with Crippen LogP contribution in [0.2, 0.25) is 0 Å². The van der Waals surface area contributed by atoms with Crippen LogP contribution < -0.4 is 10.1 Å². The average molecular weight is 283 g/mol. The van der Waals surface area contributed by atoms with Crippen molar-refractivity contribution in [3.63, 3.8) is 0 Å². The van der Waals surface area contributed by atoms with E-state index in [1.807, 2.05) is 19.2 Å². The smallest absolute Gasteiger partial charge is 0.118 e. The van der Waals surface area contributed by atoms with Crippen molar-refractivity contribution in [2.24, 2.45) is 0 Å². The van der Waals surface area contributed by atoms with Crippen molar-refractivity contribution >= 4 is 0 Å². The van der Waals surface area contributed by atoms with Gasteiger partial charge >= 0.3 is 0 Å². The average Bonchev–Trinajstić information content (AvgIpc) is 2.51. The molecule has 0 saturated carbocycles. The van der Waals surface area contributed by atoms with E-state index in [1.165, 1.54) is 22.3 Å². The van der Waals surface area contributed by atoms with E-state index in [-0.39, 0.29) is 0 Å². The van der Waals surface area contributed by atoms with Crippen molar-refractivity contribution in [2.45, 2.75) is 32.7 Å². The summed E-state index contributed by atoms with van der Waals surface area (Å²) >= 11 is 0. The highest BCUT2D eigenvalue weighted by atomic mass is 16.5. The summed E-state index contributed by atoms with van der Waals surface area (Å²) in [4.78, 5) is 0. The van der Waals surface area contributed by atoms with Gasteiger partial charge in [-0.3, -0.25) is 0 Å². The van der Waals surface area contributed by atoms with Crippen molar-refractivity contribution in [1.82, 2.24) is 5.32 Å². The van der Waals surface area contributed by atoms with Gasteiger partial charge in [0.25, 0.3) is 0 Å². The highest BCUT2D eigenvalue weighted by Crippen LogP contribution is 2.24. The number of benzene rings is 2. The third-order valence-electron chi connectivity index (χ3n) is 4.04. The van der Waals surface area contributed by atoms with Crippen LogP contribution in [-0.2, 0) is 6.42 Å². The van der Waals surface area contributed by atoms with E-state index in [4.69, 9.17) is 4.74 Å². The molecule has 1 unspecified atom stereocenters. The predicted molar refractivity (Wildman–Crippen MR) is 89.0 cm³/mol. The first-order valence-electron chi connectivity index (χ1n) is 7.51. The van der Waals surface area contributed by atoms with Crippen molar-refractivity contribution in [3.05, 3.63) is 64.7 Å². The molecule has 0 amide bonds. The molecule has 112 valence electrons. The first kappa shape index (κ1) is 15.6. The van der Waals surface area contributed by atoms with Crippen molar-refractivity contribution in [3.8, 4) is 5.75 Å². The molecule has 0 aliphatic rings. The van der Waals surface area contributed by atoms with Crippen LogP contribution in [0.1, 0.15) is 34.7 Å². The second-order valence-corrected chi connectivity index (χ2v) is 5.59. The molecule has 0 aliphatic carbocycles. The van der Waals surface area contributed by atoms with Crippen LogP contribution in [0.3, 0.4) is 0 Å². The van der Waals surface area contributed by atoms with Crippen LogP contribution in [0, 0.1) is 13.8 Å². The number of hydrogen-bond acceptors (Lipinski definition) is 2. The minimum atomic E-state index is 0.395. The number of nitrogens with one attached hydrogen (secondary N) is 1. The summed E-state index contributed by atoms with van der Waals surface area (Å²) < 4.78 is 5.20. The second kappa shape index (κ2) is 7.28. The van der Waals surface area contributed by atoms with Crippen LogP contribution in [0.15, 0.2) is 42.5 Å². The van der Waals surface area contributed by atoms with Gasteiger partial charge in [0.1, 0.15) is 5.75 Å². The monoisotopic (exact) mass is 283 g/mol. The first-order valence-corrected chi connectivity index (χ1v) is 7.51. The Labute approximate surface area is 128 Å². The molecule has 2 aromatic carbocycles. The molecule has 0 radical (unpaired) electrons. The number of hydrogen-bond donors (Lipinski definition) is 1. The lowest BCUT2D eigenvalue weighted by Gasteiger charge is -2.19. The highest BCUT2D eigenvalue weighted by Gasteiger charge is 2.12. The van der Waals surface area contributed by atoms with Crippen LogP contribution in [0.5, 0.6) is 5.75 Å². The fourth-order valence-corrected chi connectivity index (χ4v) is 2.69. The largest absolute Gasteiger partial charge is 0.497 e. The van der Waals surface area contributed by atoms with Gasteiger partial charge < -0.3 is 10.1 Å². The van der Waals surface area contributed by atoms with E-state index in [0.29, 0.717) is 6.04 Å². The summed E-state index contributed by atoms with van der Waals surface area (Å²) in [5.41, 5.74) is 5.43. The van der Waals surface area contributed by atoms with Crippen LogP contribution >= 0.6 is 0 Å². The molecule has 0 saturated heterocycles. The quantitative estimate of drug-likeness (QED) is 0.857. The van der Waals surface area contributed by atoms with Gasteiger partial charge in [0.2, 0.25) is 0 Å². The van der Waals surface area contributed by atoms with Gasteiger partial charge in [-0.2, -0.15) is 0 Å². The molecular formula is C19H25NO. The zero-order valence-electron chi connectivity index (χ0n) is 13.4. The Morgan fingerprint density at radius 2 is 1.76 bits per heavy atom. The fraction of sp³-hybridized carbons (Fsp3) is 0.368. The molecular weight excluding hydrogens is 258 g/mol. The molecule has 0 heterocycles. The highest BCUT2D eigenvalue weighted by molar-refractivity contribution is 5.33. The van der Waals surface area contributed by atoms with Crippen LogP contribution in [-0.4, -0.2) is 14.2 Å². The molecule has 1 atom stereocenters. The van der Waals surface area contributed by atoms with E-state index < -0.39 is 0 Å². The van der Waals surface area contributed by atoms with E-state index in [9.17, 15) is 0 Å². The third kappa shape index (κ3) is 4.08. The van der Waals surface area contributed by atoms with Crippen molar-refractivity contribution in [2.75, 3.05) is 14.2 Å². The minimum absolute atomic E-state index is 0.395. The van der Waals surface area contributed by atoms with Crippen LogP contribution in [0.25, 0.3) is 0 Å². The van der Waals surface area contributed by atoms with Gasteiger partial charge in [-0.15, -0.1) is 0 Å². The molecule has 0 aliphatic heterocycles. The molecule has 2 heteroatoms. The summed E-state index contributed by atoms with van der Waals surface area (Å²) in [6.45, 7) is 4.34. The lowest BCUT2D eigenvalue weighted by atomic mass is 9.94. The minimum Gasteiger partial charge on any atom is -0.497 e. The SMILES string of the molecule is CNC(CCc1ccc(OC)cc1)c1cc(C)ccc1C. The van der Waals surface area contributed by atoms with E-state index in [2.05, 4.69) is 49.5 Å². The Hall–Kier alpha value is -1.80. The Kier molecular flexibility index (Phi) is 5.40. The van der Waals surface area contributed by atoms with Gasteiger partial charge in [-0.25, -0.2) is 0 Å². The molecule has 2 nitrogen and oxygen atoms in total. The number of aryl methyl sites for hydroxylation is 3. The van der Waals surface area contributed by atoms with E-state index in [1.54, 1.807) is 7.11 Å². The Morgan fingerprint density at radius 3 is 2.38 bits per heavy atom. The summed E-state index contributed by atoms with van der Waals surface area (Å²) in [6, 6.07) is 15.4. The number of ether oxygens (including phenoxy) is 1. The Balaban J connectivity index is 2.06. The second-order valence-electron chi connectivity index (χ2n) is 5.59. The van der Waals surface area contributed by atoms with Gasteiger partial charge in [0.15, 0.2) is 0 Å². The maximum Gasteiger partial charge on any atom is 0.118 e. The molecule has 21 heavy (non-hydrogen) atoms. The lowest BCUT2D eigenvalue weighted by Crippen LogP contribution is -2.18. The summed E-state index contributed by atoms with van der Waals surface area (Å²) in [7, 11) is 3.74. The first-order chi connectivity index (χ1) is 10.1. The topological polar surface area (TPSA) is 21.3 Å². The molecule has 0 aromatic heterocycles. The van der Waals surface area contributed by atoms with Crippen LogP contribution in [0.4, 0.5) is 0 Å². The maximum atomic E-state index is 5.20. The summed E-state index contributed by atoms with van der Waals surface area (Å²) in [5.74, 6) is 0.915. The molecule has 0 spiro atoms. The van der Waals surface area contributed by atoms with Gasteiger partial charge in [-0.05, 0) is 62.6 Å². The van der Waals surface area contributed by atoms with Gasteiger partial charge in [0, 0.05) is 6.04 Å². The zero-order valence-corrected chi connectivity index (χ0v) is 13.4. The van der Waals surface area contributed by atoms with Crippen molar-refractivity contribution in [1.29, 1.82) is 0 Å². The summed E-state index contributed by atoms with van der Waals surface area (Å²) in [6.07, 6.45) is 2.15. The van der Waals surface area contributed by atoms with E-state index >= 15 is 0 Å². The fourth-order valence-electron chi connectivity index (χ4n) is 2.69. The predicted octanol–water partition coefficient (Wildman–Crippen LogP) is 4.21. The molecule has 2 rings (SSSR count). The molecule has 0 fully saturated rings. The standard InChI is InChI=1S/C19H25NO/c1-14-5-6-15(2)18(13-14)19(20-3)12-9-16-7-10-17(21-4)11-8-16/h5-8,10-11,13,19-20H,9,12H2,1-4H3. The third-order valence-corrected chi connectivity index (χ3v) is 4.04. The zero-order chi connectivity index (χ0) is 15.2. The lowest BCUT2D eigenvalue weighted by molar-refractivity contribution is 0.414. The Bertz CT molecular complexity index is 575. The molecule has 2 aromatic rings. The molecule has 0 bridgehead atoms. The molecule has 1 N–H and O–H groups in total. The van der Waals surface area contributed by atoms with E-state index in [0.717, 1.165) is 18.6 Å². The maximum absolute atomic E-state index is 5.20. The summed E-state index contributed by atoms with van der Waals surface area (Å²) in [5, 5.41) is 3.45. The Morgan fingerprint density at radius 1 is 1.05 bits per heavy atom. The van der Waals surface area contributed by atoms with Gasteiger partial charge in [-0.1, -0.05) is 35.9 Å². The van der Waals surface area contributed by atoms with Crippen molar-refractivity contribution < 1.29 is 4.74 Å². The number of methoxy groups -OCH3 is 1. The normalized spacial score (nSPS) is 12.2. The van der Waals surface area contributed by atoms with Gasteiger partial charge in [0.05, 0.1) is 7.11 Å². The number of rotatable bonds is 6.